The number of carbonyl (C=O) groups is 2. The number of carboxylic acids is 2. The molecular formula is C22H20N2O7S. The first-order chi connectivity index (χ1) is 15.1. The summed E-state index contributed by atoms with van der Waals surface area (Å²) in [6, 6.07) is 12.1. The normalized spacial score (nSPS) is 11.4. The molecule has 0 bridgehead atoms. The van der Waals surface area contributed by atoms with E-state index in [0.29, 0.717) is 16.8 Å². The molecule has 10 heteroatoms. The summed E-state index contributed by atoms with van der Waals surface area (Å²) in [6.45, 7) is 1.73. The Bertz CT molecular complexity index is 1320. The molecule has 0 spiro atoms. The summed E-state index contributed by atoms with van der Waals surface area (Å²) < 4.78 is 35.2. The molecule has 9 nitrogen and oxygen atoms in total. The highest BCUT2D eigenvalue weighted by molar-refractivity contribution is 7.92. The van der Waals surface area contributed by atoms with Gasteiger partial charge in [-0.1, -0.05) is 6.07 Å². The van der Waals surface area contributed by atoms with Crippen molar-refractivity contribution in [2.45, 2.75) is 11.8 Å². The molecule has 0 aliphatic rings. The SMILES string of the molecule is COc1ccc(/C=C/C(=O)O)cc1S(=O)(=O)Nc1ccc(-n2cccc2C(=O)O)c(C)c1. The largest absolute Gasteiger partial charge is 0.495 e. The van der Waals surface area contributed by atoms with Crippen molar-refractivity contribution >= 4 is 33.7 Å². The fourth-order valence-corrected chi connectivity index (χ4v) is 4.39. The molecule has 0 saturated heterocycles. The van der Waals surface area contributed by atoms with E-state index in [4.69, 9.17) is 9.84 Å². The molecule has 32 heavy (non-hydrogen) atoms. The second-order valence-electron chi connectivity index (χ2n) is 6.76. The highest BCUT2D eigenvalue weighted by atomic mass is 32.2. The molecule has 0 unspecified atom stereocenters. The van der Waals surface area contributed by atoms with E-state index in [0.717, 1.165) is 6.08 Å². The molecule has 1 heterocycles. The lowest BCUT2D eigenvalue weighted by Gasteiger charge is -2.15. The predicted octanol–water partition coefficient (Wildman–Crippen LogP) is 3.39. The minimum atomic E-state index is -4.08. The lowest BCUT2D eigenvalue weighted by atomic mass is 10.1. The van der Waals surface area contributed by atoms with Crippen LogP contribution in [0, 0.1) is 6.92 Å². The first-order valence-electron chi connectivity index (χ1n) is 9.26. The maximum Gasteiger partial charge on any atom is 0.352 e. The third-order valence-corrected chi connectivity index (χ3v) is 5.97. The molecule has 166 valence electrons. The Morgan fingerprint density at radius 2 is 1.84 bits per heavy atom. The minimum absolute atomic E-state index is 0.0809. The Balaban J connectivity index is 1.95. The average Bonchev–Trinajstić information content (AvgIpc) is 3.21. The molecular weight excluding hydrogens is 436 g/mol. The second kappa shape index (κ2) is 8.98. The van der Waals surface area contributed by atoms with Gasteiger partial charge in [0.2, 0.25) is 0 Å². The molecule has 0 saturated carbocycles. The van der Waals surface area contributed by atoms with Crippen LogP contribution in [0.3, 0.4) is 0 Å². The van der Waals surface area contributed by atoms with Gasteiger partial charge in [-0.15, -0.1) is 0 Å². The van der Waals surface area contributed by atoms with Crippen LogP contribution in [0.15, 0.2) is 65.7 Å². The molecule has 0 fully saturated rings. The van der Waals surface area contributed by atoms with Crippen LogP contribution in [-0.4, -0.2) is 42.2 Å². The number of aromatic nitrogens is 1. The van der Waals surface area contributed by atoms with Crippen LogP contribution in [0.25, 0.3) is 11.8 Å². The van der Waals surface area contributed by atoms with E-state index in [1.54, 1.807) is 31.3 Å². The number of hydrogen-bond donors (Lipinski definition) is 3. The number of nitrogens with one attached hydrogen (secondary N) is 1. The number of aromatic carboxylic acids is 1. The van der Waals surface area contributed by atoms with E-state index in [1.165, 1.54) is 48.1 Å². The molecule has 3 aromatic rings. The van der Waals surface area contributed by atoms with Crippen LogP contribution in [0.2, 0.25) is 0 Å². The highest BCUT2D eigenvalue weighted by Gasteiger charge is 2.21. The van der Waals surface area contributed by atoms with Crippen molar-refractivity contribution < 1.29 is 33.0 Å². The van der Waals surface area contributed by atoms with Gasteiger partial charge >= 0.3 is 11.9 Å². The number of aliphatic carboxylic acids is 1. The van der Waals surface area contributed by atoms with Crippen LogP contribution >= 0.6 is 0 Å². The number of anilines is 1. The zero-order valence-corrected chi connectivity index (χ0v) is 18.0. The van der Waals surface area contributed by atoms with E-state index in [-0.39, 0.29) is 22.0 Å². The fourth-order valence-electron chi connectivity index (χ4n) is 3.14. The number of rotatable bonds is 8. The number of ether oxygens (including phenoxy) is 1. The summed E-state index contributed by atoms with van der Waals surface area (Å²) in [5.41, 5.74) is 1.96. The molecule has 3 N–H and O–H groups in total. The number of aryl methyl sites for hydroxylation is 1. The monoisotopic (exact) mass is 456 g/mol. The van der Waals surface area contributed by atoms with Gasteiger partial charge in [0.25, 0.3) is 10.0 Å². The molecule has 0 amide bonds. The lowest BCUT2D eigenvalue weighted by Crippen LogP contribution is -2.15. The van der Waals surface area contributed by atoms with Crippen LogP contribution in [0.4, 0.5) is 5.69 Å². The van der Waals surface area contributed by atoms with E-state index in [9.17, 15) is 23.1 Å². The molecule has 0 aliphatic carbocycles. The van der Waals surface area contributed by atoms with Crippen molar-refractivity contribution in [3.8, 4) is 11.4 Å². The number of carboxylic acid groups (broad SMARTS) is 2. The van der Waals surface area contributed by atoms with Crippen molar-refractivity contribution in [1.82, 2.24) is 4.57 Å². The quantitative estimate of drug-likeness (QED) is 0.442. The van der Waals surface area contributed by atoms with Crippen molar-refractivity contribution in [2.24, 2.45) is 0 Å². The zero-order valence-electron chi connectivity index (χ0n) is 17.1. The van der Waals surface area contributed by atoms with Crippen molar-refractivity contribution in [1.29, 1.82) is 0 Å². The summed E-state index contributed by atoms with van der Waals surface area (Å²) in [5.74, 6) is -2.15. The van der Waals surface area contributed by atoms with Crippen molar-refractivity contribution in [2.75, 3.05) is 11.8 Å². The molecule has 3 rings (SSSR count). The second-order valence-corrected chi connectivity index (χ2v) is 8.41. The third-order valence-electron chi connectivity index (χ3n) is 4.57. The van der Waals surface area contributed by atoms with Gasteiger partial charge < -0.3 is 19.5 Å². The summed E-state index contributed by atoms with van der Waals surface area (Å²) in [5, 5.41) is 18.1. The van der Waals surface area contributed by atoms with Gasteiger partial charge in [0, 0.05) is 23.6 Å². The van der Waals surface area contributed by atoms with E-state index >= 15 is 0 Å². The number of hydrogen-bond acceptors (Lipinski definition) is 5. The van der Waals surface area contributed by atoms with Gasteiger partial charge in [-0.3, -0.25) is 4.72 Å². The fraction of sp³-hybridized carbons (Fsp3) is 0.0909. The predicted molar refractivity (Wildman–Crippen MR) is 118 cm³/mol. The maximum atomic E-state index is 13.0. The van der Waals surface area contributed by atoms with Gasteiger partial charge in [-0.2, -0.15) is 0 Å². The zero-order chi connectivity index (χ0) is 23.5. The number of methoxy groups -OCH3 is 1. The third kappa shape index (κ3) is 4.81. The summed E-state index contributed by atoms with van der Waals surface area (Å²) in [7, 11) is -2.75. The first-order valence-corrected chi connectivity index (χ1v) is 10.7. The van der Waals surface area contributed by atoms with Crippen LogP contribution in [0.1, 0.15) is 21.6 Å². The topological polar surface area (TPSA) is 135 Å². The average molecular weight is 456 g/mol. The van der Waals surface area contributed by atoms with Crippen LogP contribution < -0.4 is 9.46 Å². The lowest BCUT2D eigenvalue weighted by molar-refractivity contribution is -0.131. The van der Waals surface area contributed by atoms with Gasteiger partial charge in [-0.05, 0) is 66.6 Å². The number of benzene rings is 2. The first kappa shape index (κ1) is 22.6. The van der Waals surface area contributed by atoms with Gasteiger partial charge in [0.15, 0.2) is 0 Å². The Morgan fingerprint density at radius 1 is 1.09 bits per heavy atom. The molecule has 0 aliphatic heterocycles. The molecule has 1 aromatic heterocycles. The van der Waals surface area contributed by atoms with E-state index < -0.39 is 22.0 Å². The molecule has 2 aromatic carbocycles. The Hall–Kier alpha value is -4.05. The Kier molecular flexibility index (Phi) is 6.35. The number of nitrogens with zero attached hydrogens (tertiary/aromatic N) is 1. The van der Waals surface area contributed by atoms with Crippen LogP contribution in [-0.2, 0) is 14.8 Å². The smallest absolute Gasteiger partial charge is 0.352 e. The van der Waals surface area contributed by atoms with Gasteiger partial charge in [-0.25, -0.2) is 18.0 Å². The Morgan fingerprint density at radius 3 is 2.47 bits per heavy atom. The molecule has 0 atom stereocenters. The molecule has 0 radical (unpaired) electrons. The van der Waals surface area contributed by atoms with Crippen LogP contribution in [0.5, 0.6) is 5.75 Å². The van der Waals surface area contributed by atoms with E-state index in [2.05, 4.69) is 4.72 Å². The maximum absolute atomic E-state index is 13.0. The van der Waals surface area contributed by atoms with Gasteiger partial charge in [0.05, 0.1) is 7.11 Å². The van der Waals surface area contributed by atoms with Gasteiger partial charge in [0.1, 0.15) is 16.3 Å². The minimum Gasteiger partial charge on any atom is -0.495 e. The summed E-state index contributed by atoms with van der Waals surface area (Å²) in [6.07, 6.45) is 3.79. The summed E-state index contributed by atoms with van der Waals surface area (Å²) >= 11 is 0. The summed E-state index contributed by atoms with van der Waals surface area (Å²) in [4.78, 5) is 22.0. The number of sulfonamides is 1. The Labute approximate surface area is 184 Å². The van der Waals surface area contributed by atoms with Crippen molar-refractivity contribution in [3.05, 3.63) is 77.6 Å². The highest BCUT2D eigenvalue weighted by Crippen LogP contribution is 2.29. The van der Waals surface area contributed by atoms with Crippen molar-refractivity contribution in [3.63, 3.8) is 0 Å². The van der Waals surface area contributed by atoms with E-state index in [1.807, 2.05) is 0 Å². The standard InChI is InChI=1S/C22H20N2O7S/c1-14-12-16(7-8-17(14)24-11-3-4-18(24)22(27)28)23-32(29,30)20-13-15(6-10-21(25)26)5-9-19(20)31-2/h3-13,23H,1-2H3,(H,25,26)(H,27,28)/b10-6+.